The number of aromatic nitrogens is 2. The van der Waals surface area contributed by atoms with Gasteiger partial charge in [0.2, 0.25) is 0 Å². The van der Waals surface area contributed by atoms with Crippen LogP contribution in [0, 0.1) is 5.41 Å². The minimum atomic E-state index is -4.27. The van der Waals surface area contributed by atoms with Gasteiger partial charge in [0.1, 0.15) is 36.0 Å². The first kappa shape index (κ1) is 33.3. The first-order valence-electron chi connectivity index (χ1n) is 14.1. The predicted octanol–water partition coefficient (Wildman–Crippen LogP) is 2.83. The second-order valence-electron chi connectivity index (χ2n) is 11.8. The molecule has 0 aliphatic carbocycles. The van der Waals surface area contributed by atoms with Crippen LogP contribution in [0.15, 0.2) is 77.7 Å². The monoisotopic (exact) mass is 630 g/mol. The van der Waals surface area contributed by atoms with Gasteiger partial charge in [0.15, 0.2) is 6.23 Å². The average molecular weight is 631 g/mol. The molecule has 1 fully saturated rings. The maximum absolute atomic E-state index is 14.3. The first-order chi connectivity index (χ1) is 20.7. The van der Waals surface area contributed by atoms with E-state index >= 15 is 0 Å². The number of benzene rings is 2. The van der Waals surface area contributed by atoms with E-state index in [1.54, 1.807) is 51.1 Å². The van der Waals surface area contributed by atoms with Crippen LogP contribution in [-0.2, 0) is 29.8 Å². The van der Waals surface area contributed by atoms with Gasteiger partial charge in [0, 0.05) is 6.20 Å². The van der Waals surface area contributed by atoms with Crippen LogP contribution in [0.2, 0.25) is 0 Å². The smallest absolute Gasteiger partial charge is 0.459 e. The van der Waals surface area contributed by atoms with Crippen molar-refractivity contribution in [2.75, 3.05) is 18.9 Å². The molecule has 238 valence electrons. The molecule has 1 aliphatic heterocycles. The lowest BCUT2D eigenvalue weighted by Gasteiger charge is -2.28. The Labute approximate surface area is 255 Å². The van der Waals surface area contributed by atoms with Crippen molar-refractivity contribution in [1.82, 2.24) is 14.6 Å². The van der Waals surface area contributed by atoms with Gasteiger partial charge in [-0.05, 0) is 57.9 Å². The number of anilines is 1. The first-order valence-corrected chi connectivity index (χ1v) is 15.6. The molecule has 1 saturated heterocycles. The van der Waals surface area contributed by atoms with Crippen LogP contribution in [0.4, 0.5) is 5.82 Å². The maximum atomic E-state index is 14.3. The van der Waals surface area contributed by atoms with Gasteiger partial charge in [-0.25, -0.2) is 14.4 Å². The quantitative estimate of drug-likeness (QED) is 0.170. The third kappa shape index (κ3) is 8.32. The fourth-order valence-electron chi connectivity index (χ4n) is 4.52. The van der Waals surface area contributed by atoms with Gasteiger partial charge < -0.3 is 29.9 Å². The molecule has 0 radical (unpaired) electrons. The van der Waals surface area contributed by atoms with E-state index in [1.165, 1.54) is 19.2 Å². The Kier molecular flexibility index (Phi) is 10.3. The normalized spacial score (nSPS) is 23.9. The Morgan fingerprint density at radius 3 is 2.41 bits per heavy atom. The highest BCUT2D eigenvalue weighted by Crippen LogP contribution is 2.47. The van der Waals surface area contributed by atoms with E-state index in [2.05, 4.69) is 10.1 Å². The summed E-state index contributed by atoms with van der Waals surface area (Å²) in [7, 11) is -4.27. The highest BCUT2D eigenvalue weighted by atomic mass is 31.2. The SMILES string of the molecule is CC(C)(C)C(=O)OC[C@@H](Cc1ccccc1)NP(=O)(OC[C@H]1O[C@@H](n2ccc(N)nc2=O)[C@](C)(O)[C@@H]1O)Oc1ccccc1. The van der Waals surface area contributed by atoms with Gasteiger partial charge in [-0.3, -0.25) is 13.9 Å². The molecular formula is C30H39N4O9P. The molecule has 6 atom stereocenters. The van der Waals surface area contributed by atoms with Crippen molar-refractivity contribution in [1.29, 1.82) is 0 Å². The molecule has 14 heteroatoms. The summed E-state index contributed by atoms with van der Waals surface area (Å²) in [5.74, 6) is -0.237. The van der Waals surface area contributed by atoms with Crippen molar-refractivity contribution in [3.05, 3.63) is 89.0 Å². The Morgan fingerprint density at radius 1 is 1.16 bits per heavy atom. The van der Waals surface area contributed by atoms with E-state index in [-0.39, 0.29) is 18.2 Å². The number of carbonyl (C=O) groups is 1. The standard InChI is InChI=1S/C30H39N4O9P/c1-29(2,3)27(36)40-18-21(17-20-11-7-5-8-12-20)33-44(39,43-22-13-9-6-10-14-22)41-19-23-25(35)30(4,38)26(42-23)34-16-15-24(31)32-28(34)37/h5-16,21,23,25-26,35,38H,17-19H2,1-4H3,(H,33,39)(H2,31,32,37)/t21-,23-,25-,26-,30-,44?/m1/s1. The number of nitrogens with one attached hydrogen (secondary N) is 1. The fraction of sp³-hybridized carbons (Fsp3) is 0.433. The lowest BCUT2D eigenvalue weighted by atomic mass is 9.96. The Bertz CT molecular complexity index is 1510. The second kappa shape index (κ2) is 13.6. The molecule has 2 aromatic carbocycles. The van der Waals surface area contributed by atoms with Crippen LogP contribution in [0.5, 0.6) is 5.75 Å². The number of para-hydroxylation sites is 1. The number of aliphatic hydroxyl groups excluding tert-OH is 1. The van der Waals surface area contributed by atoms with Crippen molar-refractivity contribution in [2.24, 2.45) is 5.41 Å². The molecule has 2 heterocycles. The van der Waals surface area contributed by atoms with Gasteiger partial charge in [-0.1, -0.05) is 48.5 Å². The number of hydrogen-bond acceptors (Lipinski definition) is 11. The molecule has 44 heavy (non-hydrogen) atoms. The number of aliphatic hydroxyl groups is 2. The molecule has 5 N–H and O–H groups in total. The molecule has 13 nitrogen and oxygen atoms in total. The summed E-state index contributed by atoms with van der Waals surface area (Å²) in [5.41, 5.74) is 2.94. The van der Waals surface area contributed by atoms with Crippen molar-refractivity contribution in [3.8, 4) is 5.75 Å². The number of nitrogen functional groups attached to an aromatic ring is 1. The molecule has 1 aliphatic rings. The van der Waals surface area contributed by atoms with Crippen molar-refractivity contribution in [3.63, 3.8) is 0 Å². The highest BCUT2D eigenvalue weighted by Gasteiger charge is 2.54. The van der Waals surface area contributed by atoms with Crippen LogP contribution < -0.4 is 21.0 Å². The largest absolute Gasteiger partial charge is 0.464 e. The van der Waals surface area contributed by atoms with Crippen molar-refractivity contribution < 1.29 is 38.1 Å². The summed E-state index contributed by atoms with van der Waals surface area (Å²) in [6, 6.07) is 18.3. The minimum Gasteiger partial charge on any atom is -0.464 e. The second-order valence-corrected chi connectivity index (χ2v) is 13.5. The zero-order valence-corrected chi connectivity index (χ0v) is 25.9. The molecule has 1 aromatic heterocycles. The zero-order valence-electron chi connectivity index (χ0n) is 25.0. The lowest BCUT2D eigenvalue weighted by molar-refractivity contribution is -0.153. The Hall–Kier alpha value is -3.58. The lowest BCUT2D eigenvalue weighted by Crippen LogP contribution is -2.46. The summed E-state index contributed by atoms with van der Waals surface area (Å²) >= 11 is 0. The van der Waals surface area contributed by atoms with E-state index < -0.39 is 61.5 Å². The molecule has 1 unspecified atom stereocenters. The molecule has 0 saturated carbocycles. The van der Waals surface area contributed by atoms with Crippen LogP contribution >= 0.6 is 7.75 Å². The number of ether oxygens (including phenoxy) is 2. The van der Waals surface area contributed by atoms with E-state index in [0.717, 1.165) is 10.1 Å². The molecular weight excluding hydrogens is 591 g/mol. The minimum absolute atomic E-state index is 0.0207. The van der Waals surface area contributed by atoms with Gasteiger partial charge in [-0.15, -0.1) is 0 Å². The number of nitrogens with zero attached hydrogens (tertiary/aromatic N) is 2. The third-order valence-electron chi connectivity index (χ3n) is 6.93. The molecule has 0 bridgehead atoms. The van der Waals surface area contributed by atoms with Gasteiger partial charge in [0.25, 0.3) is 0 Å². The van der Waals surface area contributed by atoms with E-state index in [1.807, 2.05) is 30.3 Å². The van der Waals surface area contributed by atoms with E-state index in [4.69, 9.17) is 24.3 Å². The number of nitrogens with two attached hydrogens (primary N) is 1. The number of esters is 1. The topological polar surface area (TPSA) is 184 Å². The summed E-state index contributed by atoms with van der Waals surface area (Å²) in [5, 5.41) is 25.0. The van der Waals surface area contributed by atoms with E-state index in [9.17, 15) is 24.4 Å². The maximum Gasteiger partial charge on any atom is 0.459 e. The summed E-state index contributed by atoms with van der Waals surface area (Å²) in [6.07, 6.45) is -2.56. The third-order valence-corrected chi connectivity index (χ3v) is 8.55. The average Bonchev–Trinajstić information content (AvgIpc) is 3.18. The van der Waals surface area contributed by atoms with Gasteiger partial charge in [0.05, 0.1) is 18.1 Å². The Morgan fingerprint density at radius 2 is 1.80 bits per heavy atom. The zero-order chi connectivity index (χ0) is 32.1. The Balaban J connectivity index is 1.57. The number of hydrogen-bond donors (Lipinski definition) is 4. The highest BCUT2D eigenvalue weighted by molar-refractivity contribution is 7.52. The molecule has 0 amide bonds. The summed E-state index contributed by atoms with van der Waals surface area (Å²) in [4.78, 5) is 28.7. The molecule has 4 rings (SSSR count). The van der Waals surface area contributed by atoms with Crippen LogP contribution in [-0.4, -0.2) is 62.8 Å². The number of carbonyl (C=O) groups excluding carboxylic acids is 1. The van der Waals surface area contributed by atoms with E-state index in [0.29, 0.717) is 6.42 Å². The summed E-state index contributed by atoms with van der Waals surface area (Å²) in [6.45, 7) is 5.81. The van der Waals surface area contributed by atoms with Crippen LogP contribution in [0.25, 0.3) is 0 Å². The van der Waals surface area contributed by atoms with Crippen molar-refractivity contribution >= 4 is 19.5 Å². The fourth-order valence-corrected chi connectivity index (χ4v) is 6.06. The summed E-state index contributed by atoms with van der Waals surface area (Å²) < 4.78 is 38.4. The predicted molar refractivity (Wildman–Crippen MR) is 162 cm³/mol. The van der Waals surface area contributed by atoms with Crippen molar-refractivity contribution in [2.45, 2.75) is 64.2 Å². The van der Waals surface area contributed by atoms with Gasteiger partial charge >= 0.3 is 19.4 Å². The number of rotatable bonds is 12. The van der Waals surface area contributed by atoms with Crippen LogP contribution in [0.3, 0.4) is 0 Å². The molecule has 3 aromatic rings. The van der Waals surface area contributed by atoms with Gasteiger partial charge in [-0.2, -0.15) is 4.98 Å². The van der Waals surface area contributed by atoms with Crippen LogP contribution in [0.1, 0.15) is 39.5 Å². The molecule has 0 spiro atoms.